The molecule has 0 heterocycles. The first-order valence-electron chi connectivity index (χ1n) is 9.30. The van der Waals surface area contributed by atoms with Crippen molar-refractivity contribution in [1.29, 1.82) is 0 Å². The molecule has 0 radical (unpaired) electrons. The summed E-state index contributed by atoms with van der Waals surface area (Å²) in [6.45, 7) is -0.289. The molecule has 0 aliphatic rings. The molecule has 31 heavy (non-hydrogen) atoms. The number of carbonyl (C=O) groups excluding carboxylic acids is 2. The first kappa shape index (κ1) is 21.6. The number of rotatable bonds is 8. The van der Waals surface area contributed by atoms with Crippen molar-refractivity contribution in [3.05, 3.63) is 78.1 Å². The molecule has 0 atom stereocenters. The Labute approximate surface area is 178 Å². The summed E-state index contributed by atoms with van der Waals surface area (Å²) >= 11 is 0. The Kier molecular flexibility index (Phi) is 7.05. The number of hydrogen-bond acceptors (Lipinski definition) is 5. The maximum atomic E-state index is 12.9. The van der Waals surface area contributed by atoms with Crippen LogP contribution >= 0.6 is 0 Å². The zero-order valence-corrected chi connectivity index (χ0v) is 17.0. The van der Waals surface area contributed by atoms with Crippen molar-refractivity contribution in [1.82, 2.24) is 0 Å². The highest BCUT2D eigenvalue weighted by Gasteiger charge is 2.13. The zero-order chi connectivity index (χ0) is 22.2. The molecule has 0 aliphatic carbocycles. The van der Waals surface area contributed by atoms with Crippen molar-refractivity contribution in [2.24, 2.45) is 0 Å². The fourth-order valence-corrected chi connectivity index (χ4v) is 2.71. The van der Waals surface area contributed by atoms with E-state index in [9.17, 15) is 14.0 Å². The molecule has 3 rings (SSSR count). The molecular weight excluding hydrogens is 403 g/mol. The van der Waals surface area contributed by atoms with Crippen molar-refractivity contribution in [2.75, 3.05) is 31.5 Å². The monoisotopic (exact) mass is 424 g/mol. The van der Waals surface area contributed by atoms with Crippen LogP contribution in [0.4, 0.5) is 15.8 Å². The van der Waals surface area contributed by atoms with E-state index in [4.69, 9.17) is 14.2 Å². The third kappa shape index (κ3) is 5.96. The SMILES string of the molecule is COc1cccc(NC(=O)c2ccc(OCC(=O)Nc3ccc(F)cc3)c(OC)c2)c1. The van der Waals surface area contributed by atoms with Crippen molar-refractivity contribution >= 4 is 23.2 Å². The van der Waals surface area contributed by atoms with Gasteiger partial charge in [-0.3, -0.25) is 9.59 Å². The van der Waals surface area contributed by atoms with Crippen LogP contribution in [0.15, 0.2) is 66.7 Å². The number of methoxy groups -OCH3 is 2. The zero-order valence-electron chi connectivity index (χ0n) is 17.0. The van der Waals surface area contributed by atoms with Crippen LogP contribution in [0, 0.1) is 5.82 Å². The Balaban J connectivity index is 1.62. The molecular formula is C23H21FN2O5. The molecule has 8 heteroatoms. The molecule has 2 amide bonds. The lowest BCUT2D eigenvalue weighted by atomic mass is 10.1. The van der Waals surface area contributed by atoms with E-state index in [1.807, 2.05) is 0 Å². The van der Waals surface area contributed by atoms with Gasteiger partial charge in [0.25, 0.3) is 11.8 Å². The van der Waals surface area contributed by atoms with Crippen LogP contribution in [-0.4, -0.2) is 32.6 Å². The van der Waals surface area contributed by atoms with Crippen LogP contribution in [0.5, 0.6) is 17.2 Å². The van der Waals surface area contributed by atoms with Gasteiger partial charge in [0.2, 0.25) is 0 Å². The molecule has 0 bridgehead atoms. The first-order valence-corrected chi connectivity index (χ1v) is 9.30. The summed E-state index contributed by atoms with van der Waals surface area (Å²) < 4.78 is 28.9. The van der Waals surface area contributed by atoms with Gasteiger partial charge in [-0.05, 0) is 54.6 Å². The van der Waals surface area contributed by atoms with Crippen LogP contribution < -0.4 is 24.8 Å². The highest BCUT2D eigenvalue weighted by molar-refractivity contribution is 6.04. The predicted octanol–water partition coefficient (Wildman–Crippen LogP) is 4.11. The summed E-state index contributed by atoms with van der Waals surface area (Å²) in [5, 5.41) is 5.38. The van der Waals surface area contributed by atoms with Crippen molar-refractivity contribution < 1.29 is 28.2 Å². The van der Waals surface area contributed by atoms with E-state index < -0.39 is 11.7 Å². The van der Waals surface area contributed by atoms with Gasteiger partial charge in [0.1, 0.15) is 11.6 Å². The number of amides is 2. The number of halogens is 1. The molecule has 7 nitrogen and oxygen atoms in total. The van der Waals surface area contributed by atoms with Crippen LogP contribution in [0.1, 0.15) is 10.4 Å². The molecule has 0 saturated carbocycles. The number of ether oxygens (including phenoxy) is 3. The number of anilines is 2. The summed E-state index contributed by atoms with van der Waals surface area (Å²) in [5.74, 6) is 0.0655. The largest absolute Gasteiger partial charge is 0.497 e. The minimum atomic E-state index is -0.423. The van der Waals surface area contributed by atoms with Crippen LogP contribution in [0.3, 0.4) is 0 Å². The molecule has 2 N–H and O–H groups in total. The normalized spacial score (nSPS) is 10.2. The average molecular weight is 424 g/mol. The van der Waals surface area contributed by atoms with E-state index >= 15 is 0 Å². The first-order chi connectivity index (χ1) is 15.0. The van der Waals surface area contributed by atoms with E-state index in [1.54, 1.807) is 43.5 Å². The fourth-order valence-electron chi connectivity index (χ4n) is 2.71. The van der Waals surface area contributed by atoms with Crippen LogP contribution in [0.2, 0.25) is 0 Å². The van der Waals surface area contributed by atoms with Crippen LogP contribution in [-0.2, 0) is 4.79 Å². The highest BCUT2D eigenvalue weighted by atomic mass is 19.1. The van der Waals surface area contributed by atoms with E-state index in [1.165, 1.54) is 37.4 Å². The molecule has 0 spiro atoms. The highest BCUT2D eigenvalue weighted by Crippen LogP contribution is 2.28. The number of carbonyl (C=O) groups is 2. The van der Waals surface area contributed by atoms with Gasteiger partial charge in [0, 0.05) is 23.0 Å². The third-order valence-electron chi connectivity index (χ3n) is 4.24. The van der Waals surface area contributed by atoms with Gasteiger partial charge in [-0.1, -0.05) is 6.07 Å². The van der Waals surface area contributed by atoms with E-state index in [0.29, 0.717) is 34.2 Å². The van der Waals surface area contributed by atoms with E-state index in [-0.39, 0.29) is 12.5 Å². The molecule has 0 saturated heterocycles. The standard InChI is InChI=1S/C23H21FN2O5/c1-29-19-5-3-4-18(13-19)26-23(28)15-6-11-20(21(12-15)30-2)31-14-22(27)25-17-9-7-16(24)8-10-17/h3-13H,14H2,1-2H3,(H,25,27)(H,26,28). The fraction of sp³-hybridized carbons (Fsp3) is 0.130. The van der Waals surface area contributed by atoms with Gasteiger partial charge in [-0.2, -0.15) is 0 Å². The summed E-state index contributed by atoms with van der Waals surface area (Å²) in [4.78, 5) is 24.6. The summed E-state index contributed by atoms with van der Waals surface area (Å²) in [5.41, 5.74) is 1.38. The van der Waals surface area contributed by atoms with Crippen molar-refractivity contribution in [3.8, 4) is 17.2 Å². The minimum absolute atomic E-state index is 0.289. The average Bonchev–Trinajstić information content (AvgIpc) is 2.79. The summed E-state index contributed by atoms with van der Waals surface area (Å²) in [6, 6.07) is 17.0. The molecule has 160 valence electrons. The van der Waals surface area contributed by atoms with Crippen LogP contribution in [0.25, 0.3) is 0 Å². The molecule has 0 unspecified atom stereocenters. The lowest BCUT2D eigenvalue weighted by Crippen LogP contribution is -2.20. The van der Waals surface area contributed by atoms with E-state index in [2.05, 4.69) is 10.6 Å². The lowest BCUT2D eigenvalue weighted by molar-refractivity contribution is -0.118. The molecule has 3 aromatic carbocycles. The molecule has 3 aromatic rings. The Hall–Kier alpha value is -4.07. The number of nitrogens with one attached hydrogen (secondary N) is 2. The topological polar surface area (TPSA) is 85.9 Å². The second kappa shape index (κ2) is 10.1. The van der Waals surface area contributed by atoms with Gasteiger partial charge in [-0.15, -0.1) is 0 Å². The maximum absolute atomic E-state index is 12.9. The van der Waals surface area contributed by atoms with Gasteiger partial charge in [0.05, 0.1) is 14.2 Å². The number of hydrogen-bond donors (Lipinski definition) is 2. The van der Waals surface area contributed by atoms with Crippen molar-refractivity contribution in [2.45, 2.75) is 0 Å². The van der Waals surface area contributed by atoms with E-state index in [0.717, 1.165) is 0 Å². The smallest absolute Gasteiger partial charge is 0.262 e. The quantitative estimate of drug-likeness (QED) is 0.568. The second-order valence-electron chi connectivity index (χ2n) is 6.40. The van der Waals surface area contributed by atoms with Gasteiger partial charge >= 0.3 is 0 Å². The number of benzene rings is 3. The lowest BCUT2D eigenvalue weighted by Gasteiger charge is -2.13. The molecule has 0 aromatic heterocycles. The van der Waals surface area contributed by atoms with Gasteiger partial charge in [0.15, 0.2) is 18.1 Å². The minimum Gasteiger partial charge on any atom is -0.497 e. The van der Waals surface area contributed by atoms with Gasteiger partial charge in [-0.25, -0.2) is 4.39 Å². The van der Waals surface area contributed by atoms with Gasteiger partial charge < -0.3 is 24.8 Å². The third-order valence-corrected chi connectivity index (χ3v) is 4.24. The summed E-state index contributed by atoms with van der Waals surface area (Å²) in [7, 11) is 2.98. The Morgan fingerprint density at radius 1 is 0.839 bits per heavy atom. The molecule has 0 fully saturated rings. The molecule has 0 aliphatic heterocycles. The Morgan fingerprint density at radius 3 is 2.32 bits per heavy atom. The maximum Gasteiger partial charge on any atom is 0.262 e. The summed E-state index contributed by atoms with van der Waals surface area (Å²) in [6.07, 6.45) is 0. The Bertz CT molecular complexity index is 1070. The Morgan fingerprint density at radius 2 is 1.61 bits per heavy atom. The van der Waals surface area contributed by atoms with Crippen molar-refractivity contribution in [3.63, 3.8) is 0 Å². The second-order valence-corrected chi connectivity index (χ2v) is 6.40. The predicted molar refractivity (Wildman–Crippen MR) is 114 cm³/mol.